The number of furan rings is 1. The summed E-state index contributed by atoms with van der Waals surface area (Å²) in [6.07, 6.45) is 3.11. The molecule has 140 valence electrons. The van der Waals surface area contributed by atoms with Crippen molar-refractivity contribution in [3.05, 3.63) is 77.2 Å². The fourth-order valence-corrected chi connectivity index (χ4v) is 3.68. The van der Waals surface area contributed by atoms with Gasteiger partial charge in [0.05, 0.1) is 21.8 Å². The molecule has 0 radical (unpaired) electrons. The molecule has 0 saturated carbocycles. The lowest BCUT2D eigenvalue weighted by Crippen LogP contribution is -2.11. The number of aromatic nitrogens is 2. The molecule has 3 N–H and O–H groups in total. The smallest absolute Gasteiger partial charge is 0.291 e. The molecule has 3 aromatic heterocycles. The molecule has 0 aliphatic heterocycles. The largest absolute Gasteiger partial charge is 0.459 e. The highest BCUT2D eigenvalue weighted by Gasteiger charge is 2.17. The molecule has 0 saturated heterocycles. The zero-order valence-electron chi connectivity index (χ0n) is 14.9. The van der Waals surface area contributed by atoms with E-state index < -0.39 is 0 Å². The Kier molecular flexibility index (Phi) is 4.77. The van der Waals surface area contributed by atoms with E-state index in [1.165, 1.54) is 17.6 Å². The average Bonchev–Trinajstić information content (AvgIpc) is 3.44. The van der Waals surface area contributed by atoms with E-state index in [0.29, 0.717) is 15.6 Å². The maximum atomic E-state index is 12.7. The van der Waals surface area contributed by atoms with Crippen LogP contribution in [0.4, 0.5) is 10.7 Å². The van der Waals surface area contributed by atoms with Crippen LogP contribution in [0.5, 0.6) is 0 Å². The van der Waals surface area contributed by atoms with Crippen LogP contribution in [-0.4, -0.2) is 22.0 Å². The van der Waals surface area contributed by atoms with Gasteiger partial charge in [0.15, 0.2) is 5.76 Å². The van der Waals surface area contributed by atoms with Gasteiger partial charge < -0.3 is 15.1 Å². The molecule has 0 bridgehead atoms. The van der Waals surface area contributed by atoms with Gasteiger partial charge in [-0.25, -0.2) is 0 Å². The molecule has 0 aliphatic carbocycles. The Morgan fingerprint density at radius 3 is 2.71 bits per heavy atom. The van der Waals surface area contributed by atoms with Gasteiger partial charge in [0, 0.05) is 17.4 Å². The van der Waals surface area contributed by atoms with Gasteiger partial charge in [0.2, 0.25) is 0 Å². The van der Waals surface area contributed by atoms with Gasteiger partial charge in [-0.1, -0.05) is 12.1 Å². The van der Waals surface area contributed by atoms with Crippen LogP contribution < -0.4 is 10.6 Å². The summed E-state index contributed by atoms with van der Waals surface area (Å²) in [4.78, 5) is 25.3. The van der Waals surface area contributed by atoms with E-state index >= 15 is 0 Å². The van der Waals surface area contributed by atoms with Crippen molar-refractivity contribution in [1.82, 2.24) is 10.2 Å². The second kappa shape index (κ2) is 7.53. The van der Waals surface area contributed by atoms with Gasteiger partial charge in [-0.05, 0) is 48.9 Å². The zero-order valence-corrected chi connectivity index (χ0v) is 15.7. The third kappa shape index (κ3) is 3.72. The Morgan fingerprint density at radius 2 is 1.96 bits per heavy atom. The van der Waals surface area contributed by atoms with Gasteiger partial charge >= 0.3 is 0 Å². The van der Waals surface area contributed by atoms with Crippen molar-refractivity contribution in [1.29, 1.82) is 0 Å². The molecule has 4 rings (SSSR count). The van der Waals surface area contributed by atoms with Crippen LogP contribution in [-0.2, 0) is 0 Å². The Hall–Kier alpha value is -3.65. The standard InChI is InChI=1S/C20H16N4O3S/c1-12-10-17(23-19(25)16-6-3-9-27-16)28-18(12)20(26)22-14-5-2-4-13(11-14)15-7-8-21-24-15/h2-11H,1H3,(H,21,24)(H,22,26)(H,23,25). The van der Waals surface area contributed by atoms with Crippen molar-refractivity contribution in [2.75, 3.05) is 10.6 Å². The lowest BCUT2D eigenvalue weighted by atomic mass is 10.1. The van der Waals surface area contributed by atoms with E-state index in [1.54, 1.807) is 24.4 Å². The van der Waals surface area contributed by atoms with Gasteiger partial charge in [-0.15, -0.1) is 11.3 Å². The van der Waals surface area contributed by atoms with Gasteiger partial charge in [-0.2, -0.15) is 5.10 Å². The molecule has 0 unspecified atom stereocenters. The number of hydrogen-bond acceptors (Lipinski definition) is 5. The molecule has 4 aromatic rings. The quantitative estimate of drug-likeness (QED) is 0.464. The first-order valence-electron chi connectivity index (χ1n) is 8.46. The normalized spacial score (nSPS) is 10.6. The maximum Gasteiger partial charge on any atom is 0.291 e. The molecule has 3 heterocycles. The number of amides is 2. The summed E-state index contributed by atoms with van der Waals surface area (Å²) in [5, 5.41) is 13.1. The number of nitrogens with zero attached hydrogens (tertiary/aromatic N) is 1. The number of carbonyl (C=O) groups is 2. The van der Waals surface area contributed by atoms with Crippen LogP contribution in [0.15, 0.2) is 65.4 Å². The Morgan fingerprint density at radius 1 is 1.07 bits per heavy atom. The summed E-state index contributed by atoms with van der Waals surface area (Å²) < 4.78 is 5.08. The maximum absolute atomic E-state index is 12.7. The monoisotopic (exact) mass is 392 g/mol. The van der Waals surface area contributed by atoms with E-state index in [4.69, 9.17) is 4.42 Å². The summed E-state index contributed by atoms with van der Waals surface area (Å²) in [6, 6.07) is 14.3. The topological polar surface area (TPSA) is 100 Å². The first-order valence-corrected chi connectivity index (χ1v) is 9.28. The molecule has 0 atom stereocenters. The van der Waals surface area contributed by atoms with E-state index in [1.807, 2.05) is 37.3 Å². The minimum atomic E-state index is -0.356. The predicted octanol–water partition coefficient (Wildman–Crippen LogP) is 4.54. The molecule has 2 amide bonds. The zero-order chi connectivity index (χ0) is 19.5. The van der Waals surface area contributed by atoms with Crippen molar-refractivity contribution in [3.63, 3.8) is 0 Å². The molecule has 28 heavy (non-hydrogen) atoms. The third-order valence-electron chi connectivity index (χ3n) is 4.04. The number of rotatable bonds is 5. The highest BCUT2D eigenvalue weighted by atomic mass is 32.1. The van der Waals surface area contributed by atoms with Crippen LogP contribution in [0.25, 0.3) is 11.3 Å². The van der Waals surface area contributed by atoms with Crippen LogP contribution in [0, 0.1) is 6.92 Å². The first-order chi connectivity index (χ1) is 13.6. The average molecular weight is 392 g/mol. The molecule has 7 nitrogen and oxygen atoms in total. The number of nitrogens with one attached hydrogen (secondary N) is 3. The lowest BCUT2D eigenvalue weighted by Gasteiger charge is -2.06. The second-order valence-electron chi connectivity index (χ2n) is 6.06. The summed E-state index contributed by atoms with van der Waals surface area (Å²) in [5.41, 5.74) is 3.24. The van der Waals surface area contributed by atoms with Gasteiger partial charge in [-0.3, -0.25) is 14.7 Å². The number of aromatic amines is 1. The lowest BCUT2D eigenvalue weighted by molar-refractivity contribution is 0.0995. The van der Waals surface area contributed by atoms with E-state index in [0.717, 1.165) is 16.8 Å². The summed E-state index contributed by atoms with van der Waals surface area (Å²) in [7, 11) is 0. The number of benzene rings is 1. The molecular weight excluding hydrogens is 376 g/mol. The van der Waals surface area contributed by atoms with Crippen molar-refractivity contribution in [2.45, 2.75) is 6.92 Å². The molecule has 0 fully saturated rings. The van der Waals surface area contributed by atoms with Crippen LogP contribution in [0.3, 0.4) is 0 Å². The minimum Gasteiger partial charge on any atom is -0.459 e. The number of carbonyl (C=O) groups excluding carboxylic acids is 2. The van der Waals surface area contributed by atoms with Crippen LogP contribution in [0.1, 0.15) is 25.8 Å². The Bertz CT molecular complexity index is 1110. The number of aryl methyl sites for hydroxylation is 1. The highest BCUT2D eigenvalue weighted by molar-refractivity contribution is 7.18. The number of hydrogen-bond donors (Lipinski definition) is 3. The fourth-order valence-electron chi connectivity index (χ4n) is 2.72. The van der Waals surface area contributed by atoms with Crippen LogP contribution >= 0.6 is 11.3 Å². The Balaban J connectivity index is 1.49. The number of H-pyrrole nitrogens is 1. The Labute approximate surface area is 164 Å². The van der Waals surface area contributed by atoms with Gasteiger partial charge in [0.1, 0.15) is 0 Å². The predicted molar refractivity (Wildman–Crippen MR) is 108 cm³/mol. The van der Waals surface area contributed by atoms with Crippen LogP contribution in [0.2, 0.25) is 0 Å². The molecular formula is C20H16N4O3S. The van der Waals surface area contributed by atoms with E-state index in [-0.39, 0.29) is 17.6 Å². The number of anilines is 2. The van der Waals surface area contributed by atoms with E-state index in [2.05, 4.69) is 20.8 Å². The van der Waals surface area contributed by atoms with E-state index in [9.17, 15) is 9.59 Å². The van der Waals surface area contributed by atoms with Gasteiger partial charge in [0.25, 0.3) is 11.8 Å². The van der Waals surface area contributed by atoms with Crippen molar-refractivity contribution in [3.8, 4) is 11.3 Å². The summed E-state index contributed by atoms with van der Waals surface area (Å²) >= 11 is 1.21. The molecule has 0 spiro atoms. The third-order valence-corrected chi connectivity index (χ3v) is 5.19. The fraction of sp³-hybridized carbons (Fsp3) is 0.0500. The second-order valence-corrected chi connectivity index (χ2v) is 7.11. The molecule has 1 aromatic carbocycles. The summed E-state index contributed by atoms with van der Waals surface area (Å²) in [6.45, 7) is 1.83. The summed E-state index contributed by atoms with van der Waals surface area (Å²) in [5.74, 6) is -0.374. The van der Waals surface area contributed by atoms with Crippen molar-refractivity contribution >= 4 is 33.8 Å². The SMILES string of the molecule is Cc1cc(NC(=O)c2ccco2)sc1C(=O)Nc1cccc(-c2ccn[nH]2)c1. The molecule has 8 heteroatoms. The van der Waals surface area contributed by atoms with Crippen molar-refractivity contribution < 1.29 is 14.0 Å². The van der Waals surface area contributed by atoms with Crippen molar-refractivity contribution in [2.24, 2.45) is 0 Å². The first kappa shape index (κ1) is 17.7. The minimum absolute atomic E-state index is 0.215. The molecule has 0 aliphatic rings. The number of thiophene rings is 1. The highest BCUT2D eigenvalue weighted by Crippen LogP contribution is 2.28.